The van der Waals surface area contributed by atoms with Crippen molar-refractivity contribution in [2.75, 3.05) is 37.4 Å². The summed E-state index contributed by atoms with van der Waals surface area (Å²) in [5, 5.41) is 3.44. The summed E-state index contributed by atoms with van der Waals surface area (Å²) in [7, 11) is 0. The summed E-state index contributed by atoms with van der Waals surface area (Å²) in [6.07, 6.45) is 0. The molecule has 0 spiro atoms. The molecule has 0 bridgehead atoms. The highest BCUT2D eigenvalue weighted by atomic mass is 16.5. The fraction of sp³-hybridized carbons (Fsp3) is 0.333. The normalized spacial score (nSPS) is 15.6. The predicted octanol–water partition coefficient (Wildman–Crippen LogP) is 2.71. The number of nitrogens with two attached hydrogens (primary N) is 1. The van der Waals surface area contributed by atoms with Gasteiger partial charge in [0.2, 0.25) is 0 Å². The Hall–Kier alpha value is -2.04. The first kappa shape index (κ1) is 14.9. The first-order chi connectivity index (χ1) is 10.8. The van der Waals surface area contributed by atoms with Crippen molar-refractivity contribution in [2.24, 2.45) is 0 Å². The van der Waals surface area contributed by atoms with Gasteiger partial charge in [0, 0.05) is 37.6 Å². The van der Waals surface area contributed by atoms with E-state index in [2.05, 4.69) is 46.6 Å². The highest BCUT2D eigenvalue weighted by Gasteiger charge is 2.10. The van der Waals surface area contributed by atoms with Crippen LogP contribution in [-0.2, 0) is 17.8 Å². The number of nitrogen functional groups attached to an aromatic ring is 1. The SMILES string of the molecule is Nc1ccc(CNc2ccc(CN3CCOCC3)cc2)cc1. The number of nitrogens with one attached hydrogen (secondary N) is 1. The van der Waals surface area contributed by atoms with E-state index in [0.29, 0.717) is 0 Å². The van der Waals surface area contributed by atoms with Gasteiger partial charge in [-0.2, -0.15) is 0 Å². The van der Waals surface area contributed by atoms with Crippen molar-refractivity contribution in [1.29, 1.82) is 0 Å². The minimum atomic E-state index is 0.802. The maximum absolute atomic E-state index is 5.70. The molecule has 2 aromatic carbocycles. The van der Waals surface area contributed by atoms with Crippen LogP contribution < -0.4 is 11.1 Å². The number of morpholine rings is 1. The Bertz CT molecular complexity index is 574. The van der Waals surface area contributed by atoms with E-state index in [-0.39, 0.29) is 0 Å². The molecule has 3 rings (SSSR count). The zero-order chi connectivity index (χ0) is 15.2. The molecule has 1 saturated heterocycles. The van der Waals surface area contributed by atoms with Crippen molar-refractivity contribution in [3.8, 4) is 0 Å². The number of rotatable bonds is 5. The zero-order valence-electron chi connectivity index (χ0n) is 12.8. The van der Waals surface area contributed by atoms with E-state index in [0.717, 1.165) is 50.8 Å². The van der Waals surface area contributed by atoms with Gasteiger partial charge in [-0.1, -0.05) is 24.3 Å². The summed E-state index contributed by atoms with van der Waals surface area (Å²) in [4.78, 5) is 2.43. The van der Waals surface area contributed by atoms with Crippen LogP contribution in [0, 0.1) is 0 Å². The molecule has 22 heavy (non-hydrogen) atoms. The van der Waals surface area contributed by atoms with Gasteiger partial charge in [-0.25, -0.2) is 0 Å². The van der Waals surface area contributed by atoms with Crippen molar-refractivity contribution in [2.45, 2.75) is 13.1 Å². The number of anilines is 2. The van der Waals surface area contributed by atoms with Crippen LogP contribution in [0.5, 0.6) is 0 Å². The second kappa shape index (κ2) is 7.29. The lowest BCUT2D eigenvalue weighted by Crippen LogP contribution is -2.35. The molecule has 1 aliphatic rings. The van der Waals surface area contributed by atoms with E-state index >= 15 is 0 Å². The Morgan fingerprint density at radius 3 is 2.23 bits per heavy atom. The predicted molar refractivity (Wildman–Crippen MR) is 90.7 cm³/mol. The number of nitrogens with zero attached hydrogens (tertiary/aromatic N) is 1. The molecule has 2 aromatic rings. The van der Waals surface area contributed by atoms with Crippen LogP contribution in [0.4, 0.5) is 11.4 Å². The molecule has 0 aliphatic carbocycles. The van der Waals surface area contributed by atoms with Crippen LogP contribution in [0.15, 0.2) is 48.5 Å². The van der Waals surface area contributed by atoms with Gasteiger partial charge >= 0.3 is 0 Å². The molecule has 1 aliphatic heterocycles. The van der Waals surface area contributed by atoms with Gasteiger partial charge in [-0.05, 0) is 35.4 Å². The number of hydrogen-bond acceptors (Lipinski definition) is 4. The fourth-order valence-corrected chi connectivity index (χ4v) is 2.59. The van der Waals surface area contributed by atoms with Gasteiger partial charge < -0.3 is 15.8 Å². The molecular weight excluding hydrogens is 274 g/mol. The molecule has 0 unspecified atom stereocenters. The van der Waals surface area contributed by atoms with Crippen molar-refractivity contribution in [3.05, 3.63) is 59.7 Å². The summed E-state index contributed by atoms with van der Waals surface area (Å²) in [5.74, 6) is 0. The average molecular weight is 297 g/mol. The van der Waals surface area contributed by atoms with Crippen LogP contribution >= 0.6 is 0 Å². The lowest BCUT2D eigenvalue weighted by Gasteiger charge is -2.26. The molecule has 4 heteroatoms. The maximum Gasteiger partial charge on any atom is 0.0594 e. The zero-order valence-corrected chi connectivity index (χ0v) is 12.8. The minimum absolute atomic E-state index is 0.802. The third kappa shape index (κ3) is 4.23. The monoisotopic (exact) mass is 297 g/mol. The van der Waals surface area contributed by atoms with Crippen LogP contribution in [0.1, 0.15) is 11.1 Å². The minimum Gasteiger partial charge on any atom is -0.399 e. The van der Waals surface area contributed by atoms with Crippen LogP contribution in [0.25, 0.3) is 0 Å². The van der Waals surface area contributed by atoms with Crippen molar-refractivity contribution < 1.29 is 4.74 Å². The van der Waals surface area contributed by atoms with Crippen LogP contribution in [0.2, 0.25) is 0 Å². The van der Waals surface area contributed by atoms with Crippen LogP contribution in [-0.4, -0.2) is 31.2 Å². The molecule has 1 fully saturated rings. The molecule has 116 valence electrons. The third-order valence-electron chi connectivity index (χ3n) is 3.94. The second-order valence-corrected chi connectivity index (χ2v) is 5.68. The lowest BCUT2D eigenvalue weighted by molar-refractivity contribution is 0.0342. The fourth-order valence-electron chi connectivity index (χ4n) is 2.59. The first-order valence-electron chi connectivity index (χ1n) is 7.77. The quantitative estimate of drug-likeness (QED) is 0.833. The summed E-state index contributed by atoms with van der Waals surface area (Å²) >= 11 is 0. The average Bonchev–Trinajstić information content (AvgIpc) is 2.57. The first-order valence-corrected chi connectivity index (χ1v) is 7.77. The van der Waals surface area contributed by atoms with E-state index in [1.54, 1.807) is 0 Å². The molecule has 0 aromatic heterocycles. The topological polar surface area (TPSA) is 50.5 Å². The summed E-state index contributed by atoms with van der Waals surface area (Å²) in [5.41, 5.74) is 10.2. The largest absolute Gasteiger partial charge is 0.399 e. The Morgan fingerprint density at radius 2 is 1.55 bits per heavy atom. The maximum atomic E-state index is 5.70. The van der Waals surface area contributed by atoms with Gasteiger partial charge in [0.05, 0.1) is 13.2 Å². The summed E-state index contributed by atoms with van der Waals surface area (Å²) in [6, 6.07) is 16.6. The number of benzene rings is 2. The van der Waals surface area contributed by atoms with Gasteiger partial charge in [0.25, 0.3) is 0 Å². The molecule has 3 N–H and O–H groups in total. The molecule has 0 atom stereocenters. The van der Waals surface area contributed by atoms with Gasteiger partial charge in [0.15, 0.2) is 0 Å². The molecular formula is C18H23N3O. The standard InChI is InChI=1S/C18H23N3O/c19-17-5-1-15(2-6-17)13-20-18-7-3-16(4-8-18)14-21-9-11-22-12-10-21/h1-8,20H,9-14,19H2. The molecule has 0 amide bonds. The molecule has 0 radical (unpaired) electrons. The van der Waals surface area contributed by atoms with Crippen LogP contribution in [0.3, 0.4) is 0 Å². The second-order valence-electron chi connectivity index (χ2n) is 5.68. The van der Waals surface area contributed by atoms with Gasteiger partial charge in [0.1, 0.15) is 0 Å². The number of hydrogen-bond donors (Lipinski definition) is 2. The molecule has 1 heterocycles. The van der Waals surface area contributed by atoms with E-state index in [9.17, 15) is 0 Å². The highest BCUT2D eigenvalue weighted by molar-refractivity contribution is 5.46. The van der Waals surface area contributed by atoms with Crippen molar-refractivity contribution >= 4 is 11.4 Å². The van der Waals surface area contributed by atoms with E-state index in [1.807, 2.05) is 12.1 Å². The van der Waals surface area contributed by atoms with Gasteiger partial charge in [-0.3, -0.25) is 4.90 Å². The van der Waals surface area contributed by atoms with Crippen molar-refractivity contribution in [1.82, 2.24) is 4.90 Å². The Balaban J connectivity index is 1.51. The Kier molecular flexibility index (Phi) is 4.93. The highest BCUT2D eigenvalue weighted by Crippen LogP contribution is 2.14. The lowest BCUT2D eigenvalue weighted by atomic mass is 10.1. The molecule has 4 nitrogen and oxygen atoms in total. The summed E-state index contributed by atoms with van der Waals surface area (Å²) < 4.78 is 5.38. The smallest absolute Gasteiger partial charge is 0.0594 e. The molecule has 0 saturated carbocycles. The Morgan fingerprint density at radius 1 is 0.909 bits per heavy atom. The van der Waals surface area contributed by atoms with E-state index in [1.165, 1.54) is 11.1 Å². The number of ether oxygens (including phenoxy) is 1. The summed E-state index contributed by atoms with van der Waals surface area (Å²) in [6.45, 7) is 5.56. The van der Waals surface area contributed by atoms with E-state index < -0.39 is 0 Å². The van der Waals surface area contributed by atoms with E-state index in [4.69, 9.17) is 10.5 Å². The third-order valence-corrected chi connectivity index (χ3v) is 3.94. The Labute approximate surface area is 131 Å². The van der Waals surface area contributed by atoms with Crippen molar-refractivity contribution in [3.63, 3.8) is 0 Å². The van der Waals surface area contributed by atoms with Gasteiger partial charge in [-0.15, -0.1) is 0 Å².